The molecular weight excluding hydrogens is 181 g/mol. The van der Waals surface area contributed by atoms with Crippen LogP contribution in [0, 0.1) is 12.7 Å². The maximum Gasteiger partial charge on any atom is 0.131 e. The highest BCUT2D eigenvalue weighted by atomic mass is 19.1. The number of anilines is 1. The summed E-state index contributed by atoms with van der Waals surface area (Å²) in [4.78, 5) is 0. The van der Waals surface area contributed by atoms with E-state index in [1.807, 2.05) is 13.0 Å². The van der Waals surface area contributed by atoms with E-state index in [0.717, 1.165) is 5.56 Å². The summed E-state index contributed by atoms with van der Waals surface area (Å²) in [5.74, 6) is 0.103. The fourth-order valence-corrected chi connectivity index (χ4v) is 1.35. The van der Waals surface area contributed by atoms with Gasteiger partial charge in [-0.1, -0.05) is 12.1 Å². The predicted molar refractivity (Wildman–Crippen MR) is 53.1 cm³/mol. The van der Waals surface area contributed by atoms with Gasteiger partial charge in [-0.2, -0.15) is 5.10 Å². The number of hydrogen-bond acceptors (Lipinski definition) is 2. The smallest absolute Gasteiger partial charge is 0.131 e. The molecule has 0 radical (unpaired) electrons. The first-order chi connectivity index (χ1) is 6.68. The van der Waals surface area contributed by atoms with Gasteiger partial charge in [-0.05, 0) is 18.6 Å². The molecule has 1 aromatic carbocycles. The molecule has 2 aromatic rings. The lowest BCUT2D eigenvalue weighted by molar-refractivity contribution is 0.630. The fourth-order valence-electron chi connectivity index (χ4n) is 1.35. The number of halogens is 1. The Balaban J connectivity index is 2.58. The molecule has 0 fully saturated rings. The van der Waals surface area contributed by atoms with Crippen molar-refractivity contribution in [3.63, 3.8) is 0 Å². The number of nitrogens with zero attached hydrogens (tertiary/aromatic N) is 1. The average Bonchev–Trinajstić information content (AvgIpc) is 2.52. The Hall–Kier alpha value is -1.84. The Bertz CT molecular complexity index is 462. The zero-order valence-electron chi connectivity index (χ0n) is 7.71. The van der Waals surface area contributed by atoms with Crippen LogP contribution in [0.3, 0.4) is 0 Å². The highest BCUT2D eigenvalue weighted by molar-refractivity contribution is 5.73. The van der Waals surface area contributed by atoms with Gasteiger partial charge in [-0.15, -0.1) is 0 Å². The third kappa shape index (κ3) is 1.35. The van der Waals surface area contributed by atoms with Crippen LogP contribution in [-0.2, 0) is 0 Å². The van der Waals surface area contributed by atoms with Gasteiger partial charge in [0.15, 0.2) is 0 Å². The SMILES string of the molecule is Cc1ccc(-c2cn[nH]c2N)c(F)c1. The maximum absolute atomic E-state index is 13.5. The van der Waals surface area contributed by atoms with Crippen molar-refractivity contribution in [2.24, 2.45) is 0 Å². The van der Waals surface area contributed by atoms with Crippen molar-refractivity contribution in [2.75, 3.05) is 5.73 Å². The van der Waals surface area contributed by atoms with Crippen LogP contribution in [0.5, 0.6) is 0 Å². The Morgan fingerprint density at radius 2 is 2.14 bits per heavy atom. The summed E-state index contributed by atoms with van der Waals surface area (Å²) in [6.45, 7) is 1.84. The third-order valence-electron chi connectivity index (χ3n) is 2.08. The lowest BCUT2D eigenvalue weighted by Gasteiger charge is -2.02. The molecule has 1 heterocycles. The monoisotopic (exact) mass is 191 g/mol. The van der Waals surface area contributed by atoms with Crippen molar-refractivity contribution in [1.82, 2.24) is 10.2 Å². The molecule has 0 aliphatic carbocycles. The van der Waals surface area contributed by atoms with Crippen molar-refractivity contribution in [1.29, 1.82) is 0 Å². The summed E-state index contributed by atoms with van der Waals surface area (Å²) in [5.41, 5.74) is 7.55. The van der Waals surface area contributed by atoms with E-state index < -0.39 is 0 Å². The average molecular weight is 191 g/mol. The van der Waals surface area contributed by atoms with Crippen molar-refractivity contribution in [3.05, 3.63) is 35.8 Å². The molecule has 0 atom stereocenters. The quantitative estimate of drug-likeness (QED) is 0.725. The molecule has 3 nitrogen and oxygen atoms in total. The molecule has 1 aromatic heterocycles. The number of H-pyrrole nitrogens is 1. The number of aromatic nitrogens is 2. The second-order valence-electron chi connectivity index (χ2n) is 3.18. The zero-order valence-corrected chi connectivity index (χ0v) is 7.71. The number of hydrogen-bond donors (Lipinski definition) is 2. The lowest BCUT2D eigenvalue weighted by Crippen LogP contribution is -1.90. The van der Waals surface area contributed by atoms with Crippen LogP contribution in [0.15, 0.2) is 24.4 Å². The summed E-state index contributed by atoms with van der Waals surface area (Å²) >= 11 is 0. The van der Waals surface area contributed by atoms with E-state index in [9.17, 15) is 4.39 Å². The molecule has 0 aliphatic heterocycles. The van der Waals surface area contributed by atoms with Crippen molar-refractivity contribution < 1.29 is 4.39 Å². The minimum absolute atomic E-state index is 0.280. The largest absolute Gasteiger partial charge is 0.384 e. The third-order valence-corrected chi connectivity index (χ3v) is 2.08. The second-order valence-corrected chi connectivity index (χ2v) is 3.18. The topological polar surface area (TPSA) is 54.7 Å². The molecule has 72 valence electrons. The summed E-state index contributed by atoms with van der Waals surface area (Å²) in [6.07, 6.45) is 1.52. The van der Waals surface area contributed by atoms with Gasteiger partial charge < -0.3 is 5.73 Å². The minimum atomic E-state index is -0.280. The minimum Gasteiger partial charge on any atom is -0.384 e. The van der Waals surface area contributed by atoms with Crippen LogP contribution in [-0.4, -0.2) is 10.2 Å². The van der Waals surface area contributed by atoms with E-state index >= 15 is 0 Å². The molecule has 0 spiro atoms. The van der Waals surface area contributed by atoms with Crippen LogP contribution in [0.4, 0.5) is 10.2 Å². The molecule has 0 saturated carbocycles. The van der Waals surface area contributed by atoms with E-state index in [0.29, 0.717) is 16.9 Å². The van der Waals surface area contributed by atoms with E-state index in [1.54, 1.807) is 6.07 Å². The van der Waals surface area contributed by atoms with Crippen LogP contribution in [0.2, 0.25) is 0 Å². The van der Waals surface area contributed by atoms with E-state index in [4.69, 9.17) is 5.73 Å². The Labute approximate surface area is 80.8 Å². The number of nitrogens with one attached hydrogen (secondary N) is 1. The maximum atomic E-state index is 13.5. The number of nitrogens with two attached hydrogens (primary N) is 1. The summed E-state index contributed by atoms with van der Waals surface area (Å²) in [5, 5.41) is 6.32. The Kier molecular flexibility index (Phi) is 1.96. The first-order valence-electron chi connectivity index (χ1n) is 4.24. The molecule has 2 rings (SSSR count). The number of benzene rings is 1. The first kappa shape index (κ1) is 8.74. The van der Waals surface area contributed by atoms with Gasteiger partial charge in [0.25, 0.3) is 0 Å². The van der Waals surface area contributed by atoms with E-state index in [-0.39, 0.29) is 5.82 Å². The number of aromatic amines is 1. The molecule has 0 aliphatic rings. The van der Waals surface area contributed by atoms with Gasteiger partial charge in [0, 0.05) is 11.1 Å². The predicted octanol–water partition coefficient (Wildman–Crippen LogP) is 2.11. The molecule has 0 bridgehead atoms. The first-order valence-corrected chi connectivity index (χ1v) is 4.24. The lowest BCUT2D eigenvalue weighted by atomic mass is 10.1. The van der Waals surface area contributed by atoms with E-state index in [1.165, 1.54) is 12.3 Å². The van der Waals surface area contributed by atoms with Crippen LogP contribution < -0.4 is 5.73 Å². The Morgan fingerprint density at radius 1 is 1.36 bits per heavy atom. The van der Waals surface area contributed by atoms with Gasteiger partial charge in [0.1, 0.15) is 11.6 Å². The molecule has 0 amide bonds. The van der Waals surface area contributed by atoms with Crippen molar-refractivity contribution in [2.45, 2.75) is 6.92 Å². The number of rotatable bonds is 1. The highest BCUT2D eigenvalue weighted by Crippen LogP contribution is 2.26. The number of aryl methyl sites for hydroxylation is 1. The summed E-state index contributed by atoms with van der Waals surface area (Å²) in [6, 6.07) is 5.01. The van der Waals surface area contributed by atoms with Crippen LogP contribution in [0.25, 0.3) is 11.1 Å². The van der Waals surface area contributed by atoms with Gasteiger partial charge >= 0.3 is 0 Å². The van der Waals surface area contributed by atoms with Gasteiger partial charge in [0.05, 0.1) is 6.20 Å². The van der Waals surface area contributed by atoms with Gasteiger partial charge in [0.2, 0.25) is 0 Å². The molecule has 14 heavy (non-hydrogen) atoms. The van der Waals surface area contributed by atoms with Gasteiger partial charge in [-0.25, -0.2) is 4.39 Å². The molecule has 0 unspecified atom stereocenters. The highest BCUT2D eigenvalue weighted by Gasteiger charge is 2.09. The van der Waals surface area contributed by atoms with Crippen LogP contribution in [0.1, 0.15) is 5.56 Å². The Morgan fingerprint density at radius 3 is 2.71 bits per heavy atom. The summed E-state index contributed by atoms with van der Waals surface area (Å²) in [7, 11) is 0. The molecule has 0 saturated heterocycles. The van der Waals surface area contributed by atoms with Gasteiger partial charge in [-0.3, -0.25) is 5.10 Å². The van der Waals surface area contributed by atoms with Crippen molar-refractivity contribution in [3.8, 4) is 11.1 Å². The molecular formula is C10H10FN3. The normalized spacial score (nSPS) is 10.4. The zero-order chi connectivity index (χ0) is 10.1. The summed E-state index contributed by atoms with van der Waals surface area (Å²) < 4.78 is 13.5. The fraction of sp³-hybridized carbons (Fsp3) is 0.100. The molecule has 4 heteroatoms. The number of nitrogen functional groups attached to an aromatic ring is 1. The second kappa shape index (κ2) is 3.14. The standard InChI is InChI=1S/C10H10FN3/c1-6-2-3-7(9(11)4-6)8-5-13-14-10(8)12/h2-5H,1H3,(H3,12,13,14). The van der Waals surface area contributed by atoms with Crippen molar-refractivity contribution >= 4 is 5.82 Å². The van der Waals surface area contributed by atoms with Crippen LogP contribution >= 0.6 is 0 Å². The molecule has 3 N–H and O–H groups in total. The van der Waals surface area contributed by atoms with E-state index in [2.05, 4.69) is 10.2 Å².